The lowest BCUT2D eigenvalue weighted by Gasteiger charge is -2.15. The van der Waals surface area contributed by atoms with Gasteiger partial charge in [0.1, 0.15) is 6.04 Å². The van der Waals surface area contributed by atoms with Crippen molar-refractivity contribution >= 4 is 34.1 Å². The van der Waals surface area contributed by atoms with Crippen LogP contribution >= 0.6 is 11.6 Å². The van der Waals surface area contributed by atoms with Crippen LogP contribution in [0.5, 0.6) is 0 Å². The highest BCUT2D eigenvalue weighted by Gasteiger charge is 2.20. The second-order valence-corrected chi connectivity index (χ2v) is 5.70. The summed E-state index contributed by atoms with van der Waals surface area (Å²) in [6, 6.07) is 12.4. The Morgan fingerprint density at radius 2 is 1.79 bits per heavy atom. The van der Waals surface area contributed by atoms with Crippen LogP contribution < -0.4 is 16.6 Å². The van der Waals surface area contributed by atoms with Crippen molar-refractivity contribution in [2.75, 3.05) is 5.32 Å². The van der Waals surface area contributed by atoms with Gasteiger partial charge in [-0.25, -0.2) is 9.36 Å². The van der Waals surface area contributed by atoms with E-state index in [0.29, 0.717) is 21.6 Å². The molecule has 3 rings (SSSR count). The molecule has 0 aliphatic rings. The van der Waals surface area contributed by atoms with Crippen molar-refractivity contribution in [2.45, 2.75) is 13.0 Å². The molecular weight excluding hydrogens is 330 g/mol. The van der Waals surface area contributed by atoms with E-state index >= 15 is 0 Å². The van der Waals surface area contributed by atoms with E-state index in [4.69, 9.17) is 11.6 Å². The average molecular weight is 344 g/mol. The van der Waals surface area contributed by atoms with E-state index in [2.05, 4.69) is 10.3 Å². The van der Waals surface area contributed by atoms with Gasteiger partial charge in [0.05, 0.1) is 21.6 Å². The van der Waals surface area contributed by atoms with E-state index in [-0.39, 0.29) is 0 Å². The number of fused-ring (bicyclic) bond motifs is 1. The van der Waals surface area contributed by atoms with Crippen LogP contribution in [-0.4, -0.2) is 15.5 Å². The molecule has 0 saturated carbocycles. The summed E-state index contributed by atoms with van der Waals surface area (Å²) in [7, 11) is 0. The quantitative estimate of drug-likeness (QED) is 0.766. The number of hydrogen-bond acceptors (Lipinski definition) is 3. The molecule has 0 bridgehead atoms. The second-order valence-electron chi connectivity index (χ2n) is 5.30. The second kappa shape index (κ2) is 6.33. The van der Waals surface area contributed by atoms with Gasteiger partial charge in [0.15, 0.2) is 0 Å². The molecule has 7 heteroatoms. The Morgan fingerprint density at radius 3 is 2.54 bits per heavy atom. The van der Waals surface area contributed by atoms with Gasteiger partial charge in [-0.1, -0.05) is 35.9 Å². The lowest BCUT2D eigenvalue weighted by atomic mass is 10.2. The van der Waals surface area contributed by atoms with E-state index < -0.39 is 23.2 Å². The Kier molecular flexibility index (Phi) is 4.22. The predicted octanol–water partition coefficient (Wildman–Crippen LogP) is 2.54. The van der Waals surface area contributed by atoms with Gasteiger partial charge in [0.25, 0.3) is 5.56 Å². The summed E-state index contributed by atoms with van der Waals surface area (Å²) < 4.78 is 0.897. The van der Waals surface area contributed by atoms with Crippen LogP contribution in [0.25, 0.3) is 10.9 Å². The number of anilines is 1. The predicted molar refractivity (Wildman–Crippen MR) is 93.6 cm³/mol. The van der Waals surface area contributed by atoms with Gasteiger partial charge in [-0.15, -0.1) is 0 Å². The van der Waals surface area contributed by atoms with Gasteiger partial charge in [-0.3, -0.25) is 9.59 Å². The van der Waals surface area contributed by atoms with Crippen LogP contribution in [0.15, 0.2) is 58.1 Å². The normalized spacial score (nSPS) is 12.1. The van der Waals surface area contributed by atoms with Crippen molar-refractivity contribution in [2.24, 2.45) is 0 Å². The molecule has 24 heavy (non-hydrogen) atoms. The van der Waals surface area contributed by atoms with Crippen LogP contribution in [0, 0.1) is 0 Å². The largest absolute Gasteiger partial charge is 0.329 e. The summed E-state index contributed by atoms with van der Waals surface area (Å²) in [6.07, 6.45) is 0. The molecule has 2 aromatic carbocycles. The molecule has 2 N–H and O–H groups in total. The summed E-state index contributed by atoms with van der Waals surface area (Å²) in [5.74, 6) is -0.508. The molecule has 6 nitrogen and oxygen atoms in total. The molecule has 1 atom stereocenters. The first-order valence-electron chi connectivity index (χ1n) is 7.28. The smallest absolute Gasteiger partial charge is 0.323 e. The number of nitrogens with zero attached hydrogens (tertiary/aromatic N) is 1. The average Bonchev–Trinajstić information content (AvgIpc) is 2.56. The van der Waals surface area contributed by atoms with Crippen LogP contribution in [0.4, 0.5) is 5.69 Å². The number of H-pyrrole nitrogens is 1. The number of carbonyl (C=O) groups is 1. The van der Waals surface area contributed by atoms with Crippen LogP contribution in [0.1, 0.15) is 13.0 Å². The maximum atomic E-state index is 12.6. The van der Waals surface area contributed by atoms with Crippen LogP contribution in [0.3, 0.4) is 0 Å². The number of amides is 1. The van der Waals surface area contributed by atoms with E-state index in [1.807, 2.05) is 0 Å². The van der Waals surface area contributed by atoms with Gasteiger partial charge >= 0.3 is 5.69 Å². The van der Waals surface area contributed by atoms with Crippen molar-refractivity contribution in [1.82, 2.24) is 9.55 Å². The zero-order valence-electron chi connectivity index (χ0n) is 12.7. The molecule has 0 fully saturated rings. The number of rotatable bonds is 3. The molecular formula is C17H14ClN3O3. The lowest BCUT2D eigenvalue weighted by molar-refractivity contribution is -0.119. The number of hydrogen-bond donors (Lipinski definition) is 2. The zero-order chi connectivity index (χ0) is 17.3. The molecule has 0 aliphatic heterocycles. The van der Waals surface area contributed by atoms with Crippen molar-refractivity contribution in [1.29, 1.82) is 0 Å². The fourth-order valence-corrected chi connectivity index (χ4v) is 2.63. The van der Waals surface area contributed by atoms with Crippen molar-refractivity contribution in [3.63, 3.8) is 0 Å². The standard InChI is InChI=1S/C17H14ClN3O3/c1-10(15(22)19-14-9-5-3-7-12(14)18)21-16(23)11-6-2-4-8-13(11)20-17(21)24/h2-10H,1H3,(H,19,22)(H,20,24)/t10-/m0/s1. The SMILES string of the molecule is C[C@@H](C(=O)Nc1ccccc1Cl)n1c(=O)[nH]c2ccccc2c1=O. The van der Waals surface area contributed by atoms with Crippen LogP contribution in [0.2, 0.25) is 5.02 Å². The molecule has 0 aliphatic carbocycles. The maximum absolute atomic E-state index is 12.6. The molecule has 1 amide bonds. The Labute approximate surface area is 141 Å². The zero-order valence-corrected chi connectivity index (χ0v) is 13.5. The first kappa shape index (κ1) is 16.0. The Hall–Kier alpha value is -2.86. The number of nitrogens with one attached hydrogen (secondary N) is 2. The fourth-order valence-electron chi connectivity index (χ4n) is 2.44. The number of para-hydroxylation sites is 2. The number of benzene rings is 2. The van der Waals surface area contributed by atoms with E-state index in [0.717, 1.165) is 4.57 Å². The highest BCUT2D eigenvalue weighted by Crippen LogP contribution is 2.21. The van der Waals surface area contributed by atoms with Gasteiger partial charge in [0, 0.05) is 0 Å². The van der Waals surface area contributed by atoms with Gasteiger partial charge in [-0.2, -0.15) is 0 Å². The number of aromatic nitrogens is 2. The van der Waals surface area contributed by atoms with Crippen molar-refractivity contribution < 1.29 is 4.79 Å². The molecule has 0 unspecified atom stereocenters. The number of aromatic amines is 1. The molecule has 122 valence electrons. The molecule has 0 saturated heterocycles. The van der Waals surface area contributed by atoms with E-state index in [1.54, 1.807) is 48.5 Å². The monoisotopic (exact) mass is 343 g/mol. The van der Waals surface area contributed by atoms with E-state index in [1.165, 1.54) is 6.92 Å². The summed E-state index contributed by atoms with van der Waals surface area (Å²) >= 11 is 6.01. The van der Waals surface area contributed by atoms with Gasteiger partial charge in [0.2, 0.25) is 5.91 Å². The van der Waals surface area contributed by atoms with Crippen molar-refractivity contribution in [3.05, 3.63) is 74.4 Å². The number of carbonyl (C=O) groups excluding carboxylic acids is 1. The minimum absolute atomic E-state index is 0.342. The fraction of sp³-hybridized carbons (Fsp3) is 0.118. The topological polar surface area (TPSA) is 84.0 Å². The lowest BCUT2D eigenvalue weighted by Crippen LogP contribution is -2.41. The van der Waals surface area contributed by atoms with Crippen molar-refractivity contribution in [3.8, 4) is 0 Å². The first-order valence-corrected chi connectivity index (χ1v) is 7.66. The summed E-state index contributed by atoms with van der Waals surface area (Å²) in [4.78, 5) is 39.8. The molecule has 3 aromatic rings. The summed E-state index contributed by atoms with van der Waals surface area (Å²) in [6.45, 7) is 1.48. The molecule has 0 radical (unpaired) electrons. The third-order valence-corrected chi connectivity index (χ3v) is 4.06. The minimum atomic E-state index is -0.998. The third-order valence-electron chi connectivity index (χ3n) is 3.74. The summed E-state index contributed by atoms with van der Waals surface area (Å²) in [5.41, 5.74) is -0.305. The van der Waals surface area contributed by atoms with Gasteiger partial charge < -0.3 is 10.3 Å². The van der Waals surface area contributed by atoms with Crippen LogP contribution in [-0.2, 0) is 4.79 Å². The van der Waals surface area contributed by atoms with Gasteiger partial charge in [-0.05, 0) is 31.2 Å². The highest BCUT2D eigenvalue weighted by atomic mass is 35.5. The number of halogens is 1. The molecule has 1 aromatic heterocycles. The summed E-state index contributed by atoms with van der Waals surface area (Å²) in [5, 5.41) is 3.34. The van der Waals surface area contributed by atoms with E-state index in [9.17, 15) is 14.4 Å². The highest BCUT2D eigenvalue weighted by molar-refractivity contribution is 6.33. The Bertz CT molecular complexity index is 1040. The first-order chi connectivity index (χ1) is 11.5. The molecule has 1 heterocycles. The minimum Gasteiger partial charge on any atom is -0.323 e. The Balaban J connectivity index is 2.01. The maximum Gasteiger partial charge on any atom is 0.329 e. The third kappa shape index (κ3) is 2.83. The molecule has 0 spiro atoms. The Morgan fingerprint density at radius 1 is 1.12 bits per heavy atom.